The largest absolute Gasteiger partial charge is 0.351 e. The van der Waals surface area contributed by atoms with E-state index in [0.29, 0.717) is 18.7 Å². The summed E-state index contributed by atoms with van der Waals surface area (Å²) in [5, 5.41) is 5.82. The molecule has 0 aliphatic carbocycles. The predicted octanol–water partition coefficient (Wildman–Crippen LogP) is 2.35. The molecule has 0 bridgehead atoms. The van der Waals surface area contributed by atoms with Crippen LogP contribution in [0.2, 0.25) is 0 Å². The van der Waals surface area contributed by atoms with Crippen LogP contribution in [-0.4, -0.2) is 48.9 Å². The van der Waals surface area contributed by atoms with E-state index in [0.717, 1.165) is 31.6 Å². The molecule has 1 heterocycles. The zero-order valence-electron chi connectivity index (χ0n) is 16.8. The van der Waals surface area contributed by atoms with Crippen molar-refractivity contribution in [3.05, 3.63) is 35.4 Å². The van der Waals surface area contributed by atoms with Crippen molar-refractivity contribution in [1.29, 1.82) is 0 Å². The number of halogens is 2. The molecule has 1 saturated heterocycles. The smallest absolute Gasteiger partial charge is 0.251 e. The minimum absolute atomic E-state index is 0. The number of benzene rings is 1. The van der Waals surface area contributed by atoms with Gasteiger partial charge in [0, 0.05) is 25.2 Å². The zero-order valence-corrected chi connectivity index (χ0v) is 18.4. The van der Waals surface area contributed by atoms with Gasteiger partial charge in [0.05, 0.1) is 6.04 Å². The topological polar surface area (TPSA) is 87.5 Å². The third kappa shape index (κ3) is 8.35. The van der Waals surface area contributed by atoms with Crippen LogP contribution in [0.15, 0.2) is 24.3 Å². The quantitative estimate of drug-likeness (QED) is 0.558. The first kappa shape index (κ1) is 26.7. The Kier molecular flexibility index (Phi) is 13.1. The Hall–Kier alpha value is -1.34. The molecule has 28 heavy (non-hydrogen) atoms. The highest BCUT2D eigenvalue weighted by atomic mass is 35.5. The highest BCUT2D eigenvalue weighted by Crippen LogP contribution is 2.08. The minimum Gasteiger partial charge on any atom is -0.351 e. The summed E-state index contributed by atoms with van der Waals surface area (Å²) in [7, 11) is 0. The van der Waals surface area contributed by atoms with Gasteiger partial charge in [-0.05, 0) is 49.5 Å². The van der Waals surface area contributed by atoms with Crippen LogP contribution in [0.1, 0.15) is 49.0 Å². The number of carbonyl (C=O) groups excluding carboxylic acids is 2. The molecule has 2 atom stereocenters. The molecule has 1 aliphatic heterocycles. The highest BCUT2D eigenvalue weighted by Gasteiger charge is 2.18. The fourth-order valence-electron chi connectivity index (χ4n) is 3.03. The van der Waals surface area contributed by atoms with Gasteiger partial charge < -0.3 is 21.3 Å². The number of carbonyl (C=O) groups is 2. The maximum absolute atomic E-state index is 12.2. The van der Waals surface area contributed by atoms with Crippen LogP contribution in [0, 0.1) is 5.92 Å². The monoisotopic (exact) mass is 432 g/mol. The number of nitrogens with zero attached hydrogens (tertiary/aromatic N) is 1. The average Bonchev–Trinajstić information content (AvgIpc) is 3.18. The van der Waals surface area contributed by atoms with Crippen molar-refractivity contribution in [3.63, 3.8) is 0 Å². The molecular formula is C20H34Cl2N4O2. The van der Waals surface area contributed by atoms with Crippen LogP contribution in [-0.2, 0) is 11.3 Å². The lowest BCUT2D eigenvalue weighted by Crippen LogP contribution is -2.44. The number of likely N-dealkylation sites (tertiary alicyclic amines) is 1. The number of rotatable bonds is 9. The first-order valence-corrected chi connectivity index (χ1v) is 9.64. The molecule has 0 aromatic heterocycles. The van der Waals surface area contributed by atoms with Crippen LogP contribution in [0.5, 0.6) is 0 Å². The number of hydrogen-bond donors (Lipinski definition) is 3. The number of nitrogens with one attached hydrogen (secondary N) is 2. The standard InChI is InChI=1S/C20H32N4O2.2ClH/c1-3-15(2)18(21)20(26)23-14-16-6-8-17(9-7-16)19(25)22-10-13-24-11-4-5-12-24;;/h6-9,15,18H,3-5,10-14,21H2,1-2H3,(H,22,25)(H,23,26);2*1H. The summed E-state index contributed by atoms with van der Waals surface area (Å²) in [6.07, 6.45) is 3.39. The van der Waals surface area contributed by atoms with E-state index in [2.05, 4.69) is 15.5 Å². The third-order valence-electron chi connectivity index (χ3n) is 5.15. The lowest BCUT2D eigenvalue weighted by Gasteiger charge is -2.17. The molecule has 0 spiro atoms. The SMILES string of the molecule is CCC(C)C(N)C(=O)NCc1ccc(C(=O)NCCN2CCCC2)cc1.Cl.Cl. The Morgan fingerprint density at radius 2 is 1.71 bits per heavy atom. The van der Waals surface area contributed by atoms with E-state index >= 15 is 0 Å². The lowest BCUT2D eigenvalue weighted by molar-refractivity contribution is -0.123. The second-order valence-corrected chi connectivity index (χ2v) is 7.13. The normalized spacial score (nSPS) is 15.7. The summed E-state index contributed by atoms with van der Waals surface area (Å²) in [5.74, 6) is -0.0386. The molecule has 6 nitrogen and oxygen atoms in total. The average molecular weight is 433 g/mol. The summed E-state index contributed by atoms with van der Waals surface area (Å²) in [4.78, 5) is 26.6. The van der Waals surface area contributed by atoms with Gasteiger partial charge in [0.1, 0.15) is 0 Å². The van der Waals surface area contributed by atoms with Gasteiger partial charge in [0.2, 0.25) is 5.91 Å². The van der Waals surface area contributed by atoms with E-state index in [4.69, 9.17) is 5.73 Å². The molecule has 1 aromatic carbocycles. The molecule has 2 rings (SSSR count). The molecule has 0 saturated carbocycles. The zero-order chi connectivity index (χ0) is 18.9. The predicted molar refractivity (Wildman–Crippen MR) is 118 cm³/mol. The molecule has 4 N–H and O–H groups in total. The summed E-state index contributed by atoms with van der Waals surface area (Å²) in [6.45, 7) is 8.26. The van der Waals surface area contributed by atoms with Gasteiger partial charge in [-0.3, -0.25) is 9.59 Å². The van der Waals surface area contributed by atoms with Crippen molar-refractivity contribution in [2.24, 2.45) is 11.7 Å². The van der Waals surface area contributed by atoms with Gasteiger partial charge in [-0.2, -0.15) is 0 Å². The molecule has 1 aromatic rings. The number of nitrogens with two attached hydrogens (primary N) is 1. The van der Waals surface area contributed by atoms with E-state index in [9.17, 15) is 9.59 Å². The molecular weight excluding hydrogens is 399 g/mol. The fraction of sp³-hybridized carbons (Fsp3) is 0.600. The minimum atomic E-state index is -0.486. The maximum atomic E-state index is 12.2. The number of hydrogen-bond acceptors (Lipinski definition) is 4. The van der Waals surface area contributed by atoms with Crippen LogP contribution >= 0.6 is 24.8 Å². The Morgan fingerprint density at radius 1 is 1.11 bits per heavy atom. The highest BCUT2D eigenvalue weighted by molar-refractivity contribution is 5.94. The first-order valence-electron chi connectivity index (χ1n) is 9.64. The van der Waals surface area contributed by atoms with Gasteiger partial charge in [-0.25, -0.2) is 0 Å². The van der Waals surface area contributed by atoms with Crippen molar-refractivity contribution in [1.82, 2.24) is 15.5 Å². The van der Waals surface area contributed by atoms with E-state index in [1.807, 2.05) is 26.0 Å². The molecule has 8 heteroatoms. The van der Waals surface area contributed by atoms with Gasteiger partial charge in [-0.15, -0.1) is 24.8 Å². The molecule has 0 radical (unpaired) electrons. The van der Waals surface area contributed by atoms with E-state index < -0.39 is 6.04 Å². The first-order chi connectivity index (χ1) is 12.5. The summed E-state index contributed by atoms with van der Waals surface area (Å²) < 4.78 is 0. The molecule has 1 aliphatic rings. The van der Waals surface area contributed by atoms with Gasteiger partial charge >= 0.3 is 0 Å². The van der Waals surface area contributed by atoms with Crippen LogP contribution in [0.4, 0.5) is 0 Å². The second-order valence-electron chi connectivity index (χ2n) is 7.13. The van der Waals surface area contributed by atoms with Crippen molar-refractivity contribution in [2.45, 2.75) is 45.7 Å². The van der Waals surface area contributed by atoms with Crippen molar-refractivity contribution in [2.75, 3.05) is 26.2 Å². The summed E-state index contributed by atoms with van der Waals surface area (Å²) in [5.41, 5.74) is 7.51. The Bertz CT molecular complexity index is 592. The summed E-state index contributed by atoms with van der Waals surface area (Å²) >= 11 is 0. The van der Waals surface area contributed by atoms with Crippen molar-refractivity contribution >= 4 is 36.6 Å². The lowest BCUT2D eigenvalue weighted by atomic mass is 9.99. The van der Waals surface area contributed by atoms with Gasteiger partial charge in [0.15, 0.2) is 0 Å². The number of amides is 2. The van der Waals surface area contributed by atoms with Gasteiger partial charge in [0.25, 0.3) is 5.91 Å². The van der Waals surface area contributed by atoms with Crippen LogP contribution in [0.25, 0.3) is 0 Å². The van der Waals surface area contributed by atoms with Crippen LogP contribution < -0.4 is 16.4 Å². The van der Waals surface area contributed by atoms with Crippen molar-refractivity contribution in [3.8, 4) is 0 Å². The van der Waals surface area contributed by atoms with Crippen LogP contribution in [0.3, 0.4) is 0 Å². The summed E-state index contributed by atoms with van der Waals surface area (Å²) in [6, 6.07) is 6.83. The fourth-order valence-corrected chi connectivity index (χ4v) is 3.03. The Balaban J connectivity index is 0.00000364. The van der Waals surface area contributed by atoms with E-state index in [1.165, 1.54) is 12.8 Å². The second kappa shape index (κ2) is 13.8. The third-order valence-corrected chi connectivity index (χ3v) is 5.15. The Labute approximate surface area is 180 Å². The molecule has 1 fully saturated rings. The van der Waals surface area contributed by atoms with Gasteiger partial charge in [-0.1, -0.05) is 32.4 Å². The molecule has 2 unspecified atom stereocenters. The van der Waals surface area contributed by atoms with E-state index in [-0.39, 0.29) is 42.5 Å². The van der Waals surface area contributed by atoms with Crippen molar-refractivity contribution < 1.29 is 9.59 Å². The molecule has 2 amide bonds. The maximum Gasteiger partial charge on any atom is 0.251 e. The Morgan fingerprint density at radius 3 is 2.29 bits per heavy atom. The van der Waals surface area contributed by atoms with E-state index in [1.54, 1.807) is 12.1 Å². The molecule has 160 valence electrons.